The Morgan fingerprint density at radius 3 is 2.51 bits per heavy atom. The normalized spacial score (nSPS) is 11.8. The van der Waals surface area contributed by atoms with Gasteiger partial charge in [-0.05, 0) is 42.3 Å². The van der Waals surface area contributed by atoms with E-state index >= 15 is 0 Å². The lowest BCUT2D eigenvalue weighted by molar-refractivity contribution is -0.113. The zero-order valence-corrected chi connectivity index (χ0v) is 22.2. The highest BCUT2D eigenvalue weighted by Gasteiger charge is 2.27. The summed E-state index contributed by atoms with van der Waals surface area (Å²) >= 11 is 19.4. The van der Waals surface area contributed by atoms with Gasteiger partial charge in [-0.1, -0.05) is 72.6 Å². The number of hydrogen-bond donors (Lipinski definition) is 2. The lowest BCUT2D eigenvalue weighted by atomic mass is 10.0. The van der Waals surface area contributed by atoms with Gasteiger partial charge in [0.25, 0.3) is 5.91 Å². The van der Waals surface area contributed by atoms with E-state index in [9.17, 15) is 9.59 Å². The molecule has 2 N–H and O–H groups in total. The molecule has 0 spiro atoms. The second-order valence-electron chi connectivity index (χ2n) is 7.91. The number of allylic oxidation sites excluding steroid dienone is 1. The number of carbonyl (C=O) groups is 2. The molecule has 3 aromatic rings. The average molecular weight is 553 g/mol. The lowest BCUT2D eigenvalue weighted by Crippen LogP contribution is -2.34. The predicted molar refractivity (Wildman–Crippen MR) is 143 cm³/mol. The molecular weight excluding hydrogens is 529 g/mol. The Morgan fingerprint density at radius 2 is 1.86 bits per heavy atom. The molecule has 0 aliphatic rings. The summed E-state index contributed by atoms with van der Waals surface area (Å²) in [5.74, 6) is 0.0884. The topological polar surface area (TPSA) is 88.9 Å². The highest BCUT2D eigenvalue weighted by Crippen LogP contribution is 2.27. The van der Waals surface area contributed by atoms with Gasteiger partial charge in [-0.15, -0.1) is 16.8 Å². The van der Waals surface area contributed by atoms with Crippen molar-refractivity contribution in [3.05, 3.63) is 81.6 Å². The number of carbonyl (C=O) groups excluding carboxylic acids is 2. The fourth-order valence-corrected chi connectivity index (χ4v) is 4.69. The second kappa shape index (κ2) is 12.4. The molecule has 0 saturated heterocycles. The maximum Gasteiger partial charge on any atom is 0.253 e. The van der Waals surface area contributed by atoms with Crippen LogP contribution in [0.2, 0.25) is 15.1 Å². The third kappa shape index (κ3) is 7.24. The first kappa shape index (κ1) is 27.1. The van der Waals surface area contributed by atoms with Crippen molar-refractivity contribution in [3.63, 3.8) is 0 Å². The molecule has 2 amide bonds. The second-order valence-corrected chi connectivity index (χ2v) is 10.1. The van der Waals surface area contributed by atoms with E-state index in [0.29, 0.717) is 38.8 Å². The summed E-state index contributed by atoms with van der Waals surface area (Å²) in [6, 6.07) is 11.2. The Kier molecular flexibility index (Phi) is 9.63. The molecular formula is C24H24Cl3N5O2S. The molecule has 0 unspecified atom stereocenters. The summed E-state index contributed by atoms with van der Waals surface area (Å²) in [5, 5.41) is 16.2. The van der Waals surface area contributed by atoms with E-state index in [2.05, 4.69) is 27.4 Å². The summed E-state index contributed by atoms with van der Waals surface area (Å²) in [6.45, 7) is 8.15. The van der Waals surface area contributed by atoms with Gasteiger partial charge < -0.3 is 15.2 Å². The lowest BCUT2D eigenvalue weighted by Gasteiger charge is -2.23. The predicted octanol–water partition coefficient (Wildman–Crippen LogP) is 6.28. The van der Waals surface area contributed by atoms with E-state index < -0.39 is 6.04 Å². The molecule has 0 radical (unpaired) electrons. The maximum absolute atomic E-state index is 13.0. The van der Waals surface area contributed by atoms with Crippen LogP contribution in [0.1, 0.15) is 36.1 Å². The van der Waals surface area contributed by atoms with E-state index in [1.807, 2.05) is 18.4 Å². The van der Waals surface area contributed by atoms with Gasteiger partial charge in [-0.3, -0.25) is 9.59 Å². The van der Waals surface area contributed by atoms with Gasteiger partial charge in [0, 0.05) is 22.3 Å². The van der Waals surface area contributed by atoms with Crippen LogP contribution in [0.5, 0.6) is 0 Å². The smallest absolute Gasteiger partial charge is 0.253 e. The van der Waals surface area contributed by atoms with Crippen molar-refractivity contribution in [1.82, 2.24) is 20.1 Å². The zero-order valence-electron chi connectivity index (χ0n) is 19.1. The van der Waals surface area contributed by atoms with Crippen molar-refractivity contribution >= 4 is 64.1 Å². The average Bonchev–Trinajstić information content (AvgIpc) is 3.18. The summed E-state index contributed by atoms with van der Waals surface area (Å²) in [6.07, 6.45) is 1.71. The Balaban J connectivity index is 1.77. The number of aromatic nitrogens is 3. The van der Waals surface area contributed by atoms with Gasteiger partial charge in [-0.25, -0.2) is 0 Å². The minimum Gasteiger partial charge on any atom is -0.342 e. The third-order valence-electron chi connectivity index (χ3n) is 4.91. The number of amides is 2. The third-order valence-corrected chi connectivity index (χ3v) is 6.65. The Morgan fingerprint density at radius 1 is 1.11 bits per heavy atom. The largest absolute Gasteiger partial charge is 0.342 e. The number of nitrogens with one attached hydrogen (secondary N) is 2. The molecule has 7 nitrogen and oxygen atoms in total. The van der Waals surface area contributed by atoms with Crippen LogP contribution in [0.15, 0.2) is 60.3 Å². The molecule has 1 atom stereocenters. The van der Waals surface area contributed by atoms with Crippen molar-refractivity contribution in [2.24, 2.45) is 5.92 Å². The Labute approximate surface area is 223 Å². The first-order valence-electron chi connectivity index (χ1n) is 10.7. The van der Waals surface area contributed by atoms with Crippen molar-refractivity contribution in [2.75, 3.05) is 11.1 Å². The van der Waals surface area contributed by atoms with E-state index in [1.54, 1.807) is 42.5 Å². The van der Waals surface area contributed by atoms with E-state index in [-0.39, 0.29) is 28.5 Å². The van der Waals surface area contributed by atoms with E-state index in [4.69, 9.17) is 34.8 Å². The summed E-state index contributed by atoms with van der Waals surface area (Å²) in [5.41, 5.74) is 0.920. The first-order valence-corrected chi connectivity index (χ1v) is 12.8. The molecule has 1 aromatic heterocycles. The van der Waals surface area contributed by atoms with Crippen molar-refractivity contribution < 1.29 is 9.59 Å². The number of anilines is 1. The molecule has 2 aromatic carbocycles. The van der Waals surface area contributed by atoms with E-state index in [1.165, 1.54) is 17.8 Å². The van der Waals surface area contributed by atoms with Gasteiger partial charge in [0.1, 0.15) is 0 Å². The van der Waals surface area contributed by atoms with Crippen molar-refractivity contribution in [2.45, 2.75) is 31.6 Å². The Hall–Kier alpha value is -2.52. The van der Waals surface area contributed by atoms with Gasteiger partial charge in [-0.2, -0.15) is 0 Å². The molecule has 35 heavy (non-hydrogen) atoms. The minimum atomic E-state index is -0.462. The number of hydrogen-bond acceptors (Lipinski definition) is 5. The molecule has 0 aliphatic carbocycles. The van der Waals surface area contributed by atoms with Crippen LogP contribution in [0.25, 0.3) is 0 Å². The quantitative estimate of drug-likeness (QED) is 0.228. The van der Waals surface area contributed by atoms with Crippen LogP contribution < -0.4 is 10.6 Å². The van der Waals surface area contributed by atoms with Crippen LogP contribution in [0.4, 0.5) is 5.69 Å². The summed E-state index contributed by atoms with van der Waals surface area (Å²) in [4.78, 5) is 25.4. The molecule has 3 rings (SSSR count). The molecule has 0 saturated carbocycles. The van der Waals surface area contributed by atoms with E-state index in [0.717, 1.165) is 0 Å². The highest BCUT2D eigenvalue weighted by molar-refractivity contribution is 7.99. The number of thioether (sulfide) groups is 1. The fourth-order valence-electron chi connectivity index (χ4n) is 3.25. The number of nitrogens with zero attached hydrogens (tertiary/aromatic N) is 3. The number of halogens is 3. The molecule has 1 heterocycles. The van der Waals surface area contributed by atoms with Crippen molar-refractivity contribution in [1.29, 1.82) is 0 Å². The molecule has 0 aliphatic heterocycles. The fraction of sp³-hybridized carbons (Fsp3) is 0.250. The summed E-state index contributed by atoms with van der Waals surface area (Å²) < 4.78 is 1.83. The molecule has 0 fully saturated rings. The van der Waals surface area contributed by atoms with Crippen LogP contribution in [0.3, 0.4) is 0 Å². The zero-order chi connectivity index (χ0) is 25.5. The monoisotopic (exact) mass is 551 g/mol. The van der Waals surface area contributed by atoms with Gasteiger partial charge in [0.2, 0.25) is 5.91 Å². The first-order chi connectivity index (χ1) is 16.7. The Bertz CT molecular complexity index is 1230. The van der Waals surface area contributed by atoms with Crippen LogP contribution in [0, 0.1) is 5.92 Å². The van der Waals surface area contributed by atoms with Crippen molar-refractivity contribution in [3.8, 4) is 0 Å². The highest BCUT2D eigenvalue weighted by atomic mass is 35.5. The molecule has 11 heteroatoms. The number of rotatable bonds is 10. The van der Waals surface area contributed by atoms with Gasteiger partial charge in [0.15, 0.2) is 11.0 Å². The van der Waals surface area contributed by atoms with Crippen LogP contribution >= 0.6 is 46.6 Å². The standard InChI is InChI=1S/C24H24Cl3N5O2S/c1-4-10-32-22(21(14(2)3)29-23(34)18-9-8-16(26)12-19(18)27)30-31-24(32)35-13-20(33)28-17-7-5-6-15(25)11-17/h4-9,11-12,14,21H,1,10,13H2,2-3H3,(H,28,33)(H,29,34)/t21-/m1/s1. The van der Waals surface area contributed by atoms with Crippen LogP contribution in [-0.4, -0.2) is 32.3 Å². The van der Waals surface area contributed by atoms with Gasteiger partial charge in [0.05, 0.1) is 22.4 Å². The summed E-state index contributed by atoms with van der Waals surface area (Å²) in [7, 11) is 0. The van der Waals surface area contributed by atoms with Gasteiger partial charge >= 0.3 is 0 Å². The number of benzene rings is 2. The molecule has 0 bridgehead atoms. The SMILES string of the molecule is C=CCn1c(SCC(=O)Nc2cccc(Cl)c2)nnc1[C@H](NC(=O)c1ccc(Cl)cc1Cl)C(C)C. The van der Waals surface area contributed by atoms with Crippen LogP contribution in [-0.2, 0) is 11.3 Å². The minimum absolute atomic E-state index is 0.0123. The maximum atomic E-state index is 13.0. The molecule has 184 valence electrons.